The first kappa shape index (κ1) is 15.3. The second-order valence-corrected chi connectivity index (χ2v) is 6.45. The third-order valence-electron chi connectivity index (χ3n) is 3.67. The number of halogens is 1. The van der Waals surface area contributed by atoms with Crippen LogP contribution in [-0.4, -0.2) is 18.2 Å². The molecule has 0 saturated heterocycles. The third-order valence-corrected chi connectivity index (χ3v) is 3.97. The van der Waals surface area contributed by atoms with Crippen LogP contribution in [0.15, 0.2) is 18.2 Å². The molecule has 2 nitrogen and oxygen atoms in total. The van der Waals surface area contributed by atoms with E-state index in [9.17, 15) is 5.11 Å². The van der Waals surface area contributed by atoms with Crippen molar-refractivity contribution in [1.82, 2.24) is 0 Å². The van der Waals surface area contributed by atoms with Crippen LogP contribution in [0.1, 0.15) is 46.3 Å². The van der Waals surface area contributed by atoms with Crippen LogP contribution in [0, 0.1) is 5.41 Å². The van der Waals surface area contributed by atoms with Crippen molar-refractivity contribution in [3.8, 4) is 0 Å². The second kappa shape index (κ2) is 5.50. The van der Waals surface area contributed by atoms with Crippen LogP contribution in [0.25, 0.3) is 0 Å². The van der Waals surface area contributed by atoms with Crippen LogP contribution in [-0.2, 0) is 0 Å². The molecule has 1 N–H and O–H groups in total. The average Bonchev–Trinajstić information content (AvgIpc) is 2.25. The number of benzene rings is 1. The summed E-state index contributed by atoms with van der Waals surface area (Å²) >= 11 is 6.31. The molecule has 0 bridgehead atoms. The topological polar surface area (TPSA) is 23.5 Å². The molecule has 0 aromatic heterocycles. The zero-order valence-corrected chi connectivity index (χ0v) is 12.9. The molecule has 0 aliphatic rings. The van der Waals surface area contributed by atoms with E-state index in [4.69, 9.17) is 11.6 Å². The summed E-state index contributed by atoms with van der Waals surface area (Å²) in [5.74, 6) is 0. The molecule has 0 saturated carbocycles. The van der Waals surface area contributed by atoms with E-state index in [1.54, 1.807) is 6.92 Å². The van der Waals surface area contributed by atoms with E-state index < -0.39 is 6.10 Å². The minimum absolute atomic E-state index is 0.182. The molecule has 0 amide bonds. The van der Waals surface area contributed by atoms with Crippen molar-refractivity contribution in [2.24, 2.45) is 5.41 Å². The number of hydrogen-bond acceptors (Lipinski definition) is 2. The van der Waals surface area contributed by atoms with E-state index in [1.165, 1.54) is 0 Å². The number of aliphatic hydroxyl groups is 1. The Morgan fingerprint density at radius 3 is 2.17 bits per heavy atom. The van der Waals surface area contributed by atoms with Crippen LogP contribution in [0.5, 0.6) is 0 Å². The van der Waals surface area contributed by atoms with Gasteiger partial charge in [-0.2, -0.15) is 0 Å². The van der Waals surface area contributed by atoms with Crippen molar-refractivity contribution in [2.75, 3.05) is 11.9 Å². The van der Waals surface area contributed by atoms with E-state index in [0.717, 1.165) is 11.3 Å². The van der Waals surface area contributed by atoms with Crippen molar-refractivity contribution in [2.45, 2.75) is 46.8 Å². The van der Waals surface area contributed by atoms with Gasteiger partial charge in [0.15, 0.2) is 0 Å². The highest BCUT2D eigenvalue weighted by Crippen LogP contribution is 2.33. The van der Waals surface area contributed by atoms with E-state index in [1.807, 2.05) is 18.2 Å². The predicted molar refractivity (Wildman–Crippen MR) is 79.4 cm³/mol. The lowest BCUT2D eigenvalue weighted by Gasteiger charge is -2.37. The quantitative estimate of drug-likeness (QED) is 0.886. The summed E-state index contributed by atoms with van der Waals surface area (Å²) < 4.78 is 0. The molecular weight excluding hydrogens is 246 g/mol. The van der Waals surface area contributed by atoms with E-state index in [0.29, 0.717) is 11.1 Å². The Labute approximate surface area is 116 Å². The highest BCUT2D eigenvalue weighted by molar-refractivity contribution is 6.33. The lowest BCUT2D eigenvalue weighted by molar-refractivity contribution is 0.199. The molecule has 2 atom stereocenters. The maximum absolute atomic E-state index is 9.54. The fourth-order valence-electron chi connectivity index (χ4n) is 1.86. The zero-order valence-electron chi connectivity index (χ0n) is 12.2. The lowest BCUT2D eigenvalue weighted by Crippen LogP contribution is -2.39. The highest BCUT2D eigenvalue weighted by Gasteiger charge is 2.25. The smallest absolute Gasteiger partial charge is 0.0762 e. The van der Waals surface area contributed by atoms with Crippen LogP contribution in [0.3, 0.4) is 0 Å². The maximum atomic E-state index is 9.54. The fraction of sp³-hybridized carbons (Fsp3) is 0.600. The van der Waals surface area contributed by atoms with Gasteiger partial charge in [-0.05, 0) is 37.0 Å². The van der Waals surface area contributed by atoms with Crippen molar-refractivity contribution in [3.05, 3.63) is 28.8 Å². The molecule has 0 spiro atoms. The molecule has 102 valence electrons. The Morgan fingerprint density at radius 2 is 1.78 bits per heavy atom. The Morgan fingerprint density at radius 1 is 1.22 bits per heavy atom. The minimum Gasteiger partial charge on any atom is -0.389 e. The van der Waals surface area contributed by atoms with Gasteiger partial charge in [-0.1, -0.05) is 38.4 Å². The van der Waals surface area contributed by atoms with E-state index in [2.05, 4.69) is 39.6 Å². The van der Waals surface area contributed by atoms with Gasteiger partial charge in [0.1, 0.15) is 0 Å². The molecule has 1 unspecified atom stereocenters. The number of anilines is 1. The molecule has 0 aliphatic heterocycles. The van der Waals surface area contributed by atoms with E-state index in [-0.39, 0.29) is 5.41 Å². The van der Waals surface area contributed by atoms with Gasteiger partial charge >= 0.3 is 0 Å². The normalized spacial score (nSPS) is 15.3. The lowest BCUT2D eigenvalue weighted by atomic mass is 9.87. The molecule has 18 heavy (non-hydrogen) atoms. The highest BCUT2D eigenvalue weighted by atomic mass is 35.5. The number of rotatable bonds is 3. The van der Waals surface area contributed by atoms with Crippen LogP contribution in [0.4, 0.5) is 5.69 Å². The SMILES string of the molecule is CC(N(C)c1ccc([C@H](C)O)cc1Cl)C(C)(C)C. The Bertz CT molecular complexity index is 409. The van der Waals surface area contributed by atoms with Crippen molar-refractivity contribution in [3.63, 3.8) is 0 Å². The Balaban J connectivity index is 3.04. The molecule has 0 fully saturated rings. The fourth-order valence-corrected chi connectivity index (χ4v) is 2.18. The molecule has 0 radical (unpaired) electrons. The minimum atomic E-state index is -0.484. The molecule has 1 rings (SSSR count). The summed E-state index contributed by atoms with van der Waals surface area (Å²) in [6.45, 7) is 10.6. The van der Waals surface area contributed by atoms with Crippen molar-refractivity contribution < 1.29 is 5.11 Å². The first-order chi connectivity index (χ1) is 8.14. The molecule has 3 heteroatoms. The van der Waals surface area contributed by atoms with Gasteiger partial charge in [0, 0.05) is 13.1 Å². The first-order valence-electron chi connectivity index (χ1n) is 6.35. The number of hydrogen-bond donors (Lipinski definition) is 1. The summed E-state index contributed by atoms with van der Waals surface area (Å²) in [5, 5.41) is 10.2. The standard InChI is InChI=1S/C15H24ClNO/c1-10(18)12-7-8-14(13(16)9-12)17(6)11(2)15(3,4)5/h7-11,18H,1-6H3/t10-,11?/m0/s1. The number of aliphatic hydroxyl groups excluding tert-OH is 1. The number of nitrogens with zero attached hydrogens (tertiary/aromatic N) is 1. The molecule has 0 heterocycles. The summed E-state index contributed by atoms with van der Waals surface area (Å²) in [7, 11) is 2.05. The van der Waals surface area contributed by atoms with Gasteiger partial charge in [-0.3, -0.25) is 0 Å². The largest absolute Gasteiger partial charge is 0.389 e. The molecular formula is C15H24ClNO. The Kier molecular flexibility index (Phi) is 4.68. The van der Waals surface area contributed by atoms with Crippen molar-refractivity contribution in [1.29, 1.82) is 0 Å². The Hall–Kier alpha value is -0.730. The van der Waals surface area contributed by atoms with E-state index >= 15 is 0 Å². The molecule has 0 aliphatic carbocycles. The maximum Gasteiger partial charge on any atom is 0.0762 e. The predicted octanol–water partition coefficient (Wildman–Crippen LogP) is 4.26. The average molecular weight is 270 g/mol. The summed E-state index contributed by atoms with van der Waals surface area (Å²) in [4.78, 5) is 2.19. The van der Waals surface area contributed by atoms with Gasteiger partial charge in [-0.15, -0.1) is 0 Å². The van der Waals surface area contributed by atoms with Crippen LogP contribution < -0.4 is 4.90 Å². The van der Waals surface area contributed by atoms with Gasteiger partial charge in [0.25, 0.3) is 0 Å². The summed E-state index contributed by atoms with van der Waals surface area (Å²) in [6, 6.07) is 6.12. The van der Waals surface area contributed by atoms with Gasteiger partial charge < -0.3 is 10.0 Å². The molecule has 1 aromatic carbocycles. The monoisotopic (exact) mass is 269 g/mol. The van der Waals surface area contributed by atoms with Crippen LogP contribution in [0.2, 0.25) is 5.02 Å². The third kappa shape index (κ3) is 3.39. The van der Waals surface area contributed by atoms with Crippen molar-refractivity contribution >= 4 is 17.3 Å². The van der Waals surface area contributed by atoms with Crippen LogP contribution >= 0.6 is 11.6 Å². The van der Waals surface area contributed by atoms with Gasteiger partial charge in [0.2, 0.25) is 0 Å². The molecule has 1 aromatic rings. The summed E-state index contributed by atoms with van der Waals surface area (Å²) in [6.07, 6.45) is -0.484. The zero-order chi connectivity index (χ0) is 14.1. The second-order valence-electron chi connectivity index (χ2n) is 6.04. The van der Waals surface area contributed by atoms with Gasteiger partial charge in [0.05, 0.1) is 16.8 Å². The first-order valence-corrected chi connectivity index (χ1v) is 6.72. The van der Waals surface area contributed by atoms with Gasteiger partial charge in [-0.25, -0.2) is 0 Å². The summed E-state index contributed by atoms with van der Waals surface area (Å²) in [5.41, 5.74) is 2.03.